The first-order chi connectivity index (χ1) is 7.58. The fourth-order valence-electron chi connectivity index (χ4n) is 1.43. The van der Waals surface area contributed by atoms with Gasteiger partial charge in [0.15, 0.2) is 5.78 Å². The number of carbonyl (C=O) groups is 2. The summed E-state index contributed by atoms with van der Waals surface area (Å²) in [5.74, 6) is 0.395. The number of hydrogen-bond acceptors (Lipinski definition) is 3. The van der Waals surface area contributed by atoms with Gasteiger partial charge in [0, 0.05) is 18.4 Å². The van der Waals surface area contributed by atoms with Crippen LogP contribution in [-0.2, 0) is 14.3 Å². The van der Waals surface area contributed by atoms with E-state index >= 15 is 0 Å². The lowest BCUT2D eigenvalue weighted by molar-refractivity contribution is -0.119. The Morgan fingerprint density at radius 1 is 1.50 bits per heavy atom. The minimum Gasteiger partial charge on any atom is -0.495 e. The number of nitrogens with one attached hydrogen (secondary N) is 1. The van der Waals surface area contributed by atoms with E-state index in [1.54, 1.807) is 6.08 Å². The molecule has 0 spiro atoms. The standard InChI is InChI=1S/C12H15NO3/c1-4-9(8(2)14)7-11(16-3)10-5-6-12(15)13-10/h4,7H,1,5-6H2,2-3H3,(H,13,15)/b9-7+,11-10-. The lowest BCUT2D eigenvalue weighted by Crippen LogP contribution is -2.14. The van der Waals surface area contributed by atoms with E-state index in [1.165, 1.54) is 20.1 Å². The molecule has 4 nitrogen and oxygen atoms in total. The van der Waals surface area contributed by atoms with Crippen molar-refractivity contribution < 1.29 is 14.3 Å². The van der Waals surface area contributed by atoms with Gasteiger partial charge in [-0.05, 0) is 13.0 Å². The Balaban J connectivity index is 3.03. The third-order valence-corrected chi connectivity index (χ3v) is 2.32. The quantitative estimate of drug-likeness (QED) is 0.444. The molecule has 0 saturated carbocycles. The molecule has 16 heavy (non-hydrogen) atoms. The summed E-state index contributed by atoms with van der Waals surface area (Å²) in [6.07, 6.45) is 4.13. The van der Waals surface area contributed by atoms with Gasteiger partial charge in [0.05, 0.1) is 12.8 Å². The van der Waals surface area contributed by atoms with E-state index < -0.39 is 0 Å². The van der Waals surface area contributed by atoms with Crippen LogP contribution < -0.4 is 5.32 Å². The summed E-state index contributed by atoms with van der Waals surface area (Å²) in [5.41, 5.74) is 1.18. The lowest BCUT2D eigenvalue weighted by Gasteiger charge is -2.06. The van der Waals surface area contributed by atoms with Crippen molar-refractivity contribution in [2.75, 3.05) is 7.11 Å². The highest BCUT2D eigenvalue weighted by Crippen LogP contribution is 2.18. The van der Waals surface area contributed by atoms with Crippen molar-refractivity contribution in [3.63, 3.8) is 0 Å². The maximum absolute atomic E-state index is 11.2. The highest BCUT2D eigenvalue weighted by molar-refractivity contribution is 5.96. The summed E-state index contributed by atoms with van der Waals surface area (Å²) in [6.45, 7) is 5.01. The van der Waals surface area contributed by atoms with Crippen LogP contribution in [0.5, 0.6) is 0 Å². The first-order valence-corrected chi connectivity index (χ1v) is 5.00. The van der Waals surface area contributed by atoms with E-state index in [0.29, 0.717) is 29.9 Å². The van der Waals surface area contributed by atoms with Crippen LogP contribution in [0.25, 0.3) is 0 Å². The number of ketones is 1. The van der Waals surface area contributed by atoms with Gasteiger partial charge in [-0.2, -0.15) is 0 Å². The topological polar surface area (TPSA) is 55.4 Å². The van der Waals surface area contributed by atoms with Gasteiger partial charge in [0.25, 0.3) is 0 Å². The molecule has 1 saturated heterocycles. The van der Waals surface area contributed by atoms with E-state index in [1.807, 2.05) is 0 Å². The van der Waals surface area contributed by atoms with Crippen molar-refractivity contribution in [2.45, 2.75) is 19.8 Å². The molecule has 4 heteroatoms. The molecule has 1 amide bonds. The van der Waals surface area contributed by atoms with Gasteiger partial charge in [-0.1, -0.05) is 12.7 Å². The highest BCUT2D eigenvalue weighted by Gasteiger charge is 2.18. The first kappa shape index (κ1) is 12.2. The second-order valence-corrected chi connectivity index (χ2v) is 3.46. The van der Waals surface area contributed by atoms with E-state index in [-0.39, 0.29) is 11.7 Å². The monoisotopic (exact) mass is 221 g/mol. The number of Topliss-reactive ketones (excluding diaryl/α,β-unsaturated/α-hetero) is 1. The summed E-state index contributed by atoms with van der Waals surface area (Å²) in [7, 11) is 1.50. The molecule has 0 unspecified atom stereocenters. The van der Waals surface area contributed by atoms with E-state index in [2.05, 4.69) is 11.9 Å². The van der Waals surface area contributed by atoms with E-state index in [0.717, 1.165) is 0 Å². The molecule has 1 aliphatic rings. The molecule has 0 aromatic carbocycles. The number of allylic oxidation sites excluding steroid dienone is 4. The largest absolute Gasteiger partial charge is 0.495 e. The Kier molecular flexibility index (Phi) is 4.05. The van der Waals surface area contributed by atoms with Crippen molar-refractivity contribution in [3.05, 3.63) is 35.8 Å². The number of rotatable bonds is 4. The van der Waals surface area contributed by atoms with E-state index in [4.69, 9.17) is 4.74 Å². The van der Waals surface area contributed by atoms with Crippen molar-refractivity contribution in [1.82, 2.24) is 5.32 Å². The predicted molar refractivity (Wildman–Crippen MR) is 60.4 cm³/mol. The van der Waals surface area contributed by atoms with Gasteiger partial charge >= 0.3 is 0 Å². The molecule has 0 bridgehead atoms. The summed E-state index contributed by atoms with van der Waals surface area (Å²) in [4.78, 5) is 22.3. The first-order valence-electron chi connectivity index (χ1n) is 5.00. The third-order valence-electron chi connectivity index (χ3n) is 2.32. The van der Waals surface area contributed by atoms with Gasteiger partial charge in [0.2, 0.25) is 5.91 Å². The molecule has 0 aliphatic carbocycles. The minimum atomic E-state index is -0.0885. The number of ether oxygens (including phenoxy) is 1. The Labute approximate surface area is 94.7 Å². The molecule has 0 radical (unpaired) electrons. The Morgan fingerprint density at radius 3 is 2.56 bits per heavy atom. The highest BCUT2D eigenvalue weighted by atomic mass is 16.5. The number of methoxy groups -OCH3 is 1. The third kappa shape index (κ3) is 2.82. The fraction of sp³-hybridized carbons (Fsp3) is 0.333. The maximum atomic E-state index is 11.2. The van der Waals surface area contributed by atoms with Gasteiger partial charge < -0.3 is 10.1 Å². The van der Waals surface area contributed by atoms with Crippen molar-refractivity contribution in [2.24, 2.45) is 0 Å². The number of carbonyl (C=O) groups excluding carboxylic acids is 2. The summed E-state index contributed by atoms with van der Waals surface area (Å²) >= 11 is 0. The number of hydrogen-bond donors (Lipinski definition) is 1. The van der Waals surface area contributed by atoms with Crippen LogP contribution in [0.15, 0.2) is 35.8 Å². The van der Waals surface area contributed by atoms with Crippen LogP contribution in [0.4, 0.5) is 0 Å². The van der Waals surface area contributed by atoms with Gasteiger partial charge in [-0.15, -0.1) is 0 Å². The van der Waals surface area contributed by atoms with Crippen LogP contribution in [0.1, 0.15) is 19.8 Å². The molecule has 0 aromatic rings. The predicted octanol–water partition coefficient (Wildman–Crippen LogP) is 1.46. The summed E-state index contributed by atoms with van der Waals surface area (Å²) in [5, 5.41) is 2.70. The zero-order chi connectivity index (χ0) is 12.1. The zero-order valence-corrected chi connectivity index (χ0v) is 9.50. The smallest absolute Gasteiger partial charge is 0.224 e. The summed E-state index contributed by atoms with van der Waals surface area (Å²) in [6, 6.07) is 0. The second-order valence-electron chi connectivity index (χ2n) is 3.46. The van der Waals surface area contributed by atoms with Crippen molar-refractivity contribution in [3.8, 4) is 0 Å². The maximum Gasteiger partial charge on any atom is 0.224 e. The molecular weight excluding hydrogens is 206 g/mol. The van der Waals surface area contributed by atoms with Gasteiger partial charge in [-0.25, -0.2) is 0 Å². The Bertz CT molecular complexity index is 391. The molecule has 1 heterocycles. The second kappa shape index (κ2) is 5.30. The molecule has 1 aliphatic heterocycles. The number of amides is 1. The molecule has 1 N–H and O–H groups in total. The zero-order valence-electron chi connectivity index (χ0n) is 9.50. The van der Waals surface area contributed by atoms with Crippen molar-refractivity contribution in [1.29, 1.82) is 0 Å². The van der Waals surface area contributed by atoms with E-state index in [9.17, 15) is 9.59 Å². The lowest BCUT2D eigenvalue weighted by atomic mass is 10.1. The average molecular weight is 221 g/mol. The Hall–Kier alpha value is -1.84. The van der Waals surface area contributed by atoms with Gasteiger partial charge in [0.1, 0.15) is 5.76 Å². The normalized spacial score (nSPS) is 19.1. The average Bonchev–Trinajstić information content (AvgIpc) is 2.66. The minimum absolute atomic E-state index is 0.0269. The molecule has 1 fully saturated rings. The van der Waals surface area contributed by atoms with Crippen LogP contribution in [0.2, 0.25) is 0 Å². The molecule has 86 valence electrons. The molecule has 0 aromatic heterocycles. The molecular formula is C12H15NO3. The Morgan fingerprint density at radius 2 is 2.19 bits per heavy atom. The van der Waals surface area contributed by atoms with Crippen LogP contribution in [0.3, 0.4) is 0 Å². The fourth-order valence-corrected chi connectivity index (χ4v) is 1.43. The van der Waals surface area contributed by atoms with Crippen LogP contribution >= 0.6 is 0 Å². The van der Waals surface area contributed by atoms with Crippen LogP contribution in [0, 0.1) is 0 Å². The van der Waals surface area contributed by atoms with Crippen LogP contribution in [-0.4, -0.2) is 18.8 Å². The summed E-state index contributed by atoms with van der Waals surface area (Å²) < 4.78 is 5.15. The van der Waals surface area contributed by atoms with Crippen molar-refractivity contribution >= 4 is 11.7 Å². The molecule has 0 atom stereocenters. The molecule has 1 rings (SSSR count). The van der Waals surface area contributed by atoms with Gasteiger partial charge in [-0.3, -0.25) is 9.59 Å². The SMILES string of the molecule is C=C/C(=C\C(OC)=C1/CCC(=O)N1)C(C)=O.